The van der Waals surface area contributed by atoms with Gasteiger partial charge in [-0.15, -0.1) is 0 Å². The molecule has 0 saturated heterocycles. The minimum absolute atomic E-state index is 0.309. The molecule has 144 valence electrons. The van der Waals surface area contributed by atoms with Crippen LogP contribution in [-0.4, -0.2) is 28.8 Å². The Bertz CT molecular complexity index is 1190. The predicted octanol–water partition coefficient (Wildman–Crippen LogP) is 4.45. The number of benzene rings is 2. The van der Waals surface area contributed by atoms with Crippen molar-refractivity contribution in [3.8, 4) is 11.6 Å². The number of methoxy groups -OCH3 is 1. The molecule has 29 heavy (non-hydrogen) atoms. The number of hydrazone groups is 1. The van der Waals surface area contributed by atoms with E-state index in [0.29, 0.717) is 22.0 Å². The second-order valence-corrected chi connectivity index (χ2v) is 6.70. The number of carbonyl (C=O) groups is 1. The summed E-state index contributed by atoms with van der Waals surface area (Å²) < 4.78 is 7.29. The van der Waals surface area contributed by atoms with Crippen molar-refractivity contribution in [2.75, 3.05) is 7.11 Å². The third-order valence-electron chi connectivity index (χ3n) is 4.36. The first-order valence-corrected chi connectivity index (χ1v) is 9.23. The topological polar surface area (TPSA) is 68.5 Å². The molecule has 0 aliphatic carbocycles. The molecule has 6 nitrogen and oxygen atoms in total. The molecule has 4 aromatic rings. The summed E-state index contributed by atoms with van der Waals surface area (Å²) in [5, 5.41) is 5.51. The number of aromatic nitrogens is 2. The number of ether oxygens (including phenoxy) is 1. The molecule has 1 N–H and O–H groups in total. The quantitative estimate of drug-likeness (QED) is 0.394. The molecule has 0 saturated carbocycles. The van der Waals surface area contributed by atoms with E-state index in [4.69, 9.17) is 16.3 Å². The Morgan fingerprint density at radius 3 is 2.62 bits per heavy atom. The highest BCUT2D eigenvalue weighted by atomic mass is 35.5. The molecular weight excluding hydrogens is 388 g/mol. The highest BCUT2D eigenvalue weighted by molar-refractivity contribution is 6.31. The lowest BCUT2D eigenvalue weighted by atomic mass is 10.1. The first kappa shape index (κ1) is 18.7. The normalized spacial score (nSPS) is 11.1. The van der Waals surface area contributed by atoms with Gasteiger partial charge in [0.15, 0.2) is 0 Å². The summed E-state index contributed by atoms with van der Waals surface area (Å²) in [4.78, 5) is 16.8. The van der Waals surface area contributed by atoms with Gasteiger partial charge in [-0.05, 0) is 60.7 Å². The van der Waals surface area contributed by atoms with Crippen molar-refractivity contribution in [3.63, 3.8) is 0 Å². The van der Waals surface area contributed by atoms with Crippen LogP contribution in [0.15, 0.2) is 78.2 Å². The Morgan fingerprint density at radius 2 is 1.90 bits per heavy atom. The summed E-state index contributed by atoms with van der Waals surface area (Å²) in [5.74, 6) is 0.102. The number of rotatable bonds is 5. The molecular formula is C22H17ClN4O2. The zero-order chi connectivity index (χ0) is 20.2. The van der Waals surface area contributed by atoms with Crippen molar-refractivity contribution in [1.29, 1.82) is 0 Å². The highest BCUT2D eigenvalue weighted by Gasteiger charge is 2.08. The fourth-order valence-corrected chi connectivity index (χ4v) is 3.10. The Kier molecular flexibility index (Phi) is 5.27. The molecule has 2 aromatic heterocycles. The molecule has 0 atom stereocenters. The van der Waals surface area contributed by atoms with E-state index in [1.165, 1.54) is 13.3 Å². The number of carbonyl (C=O) groups excluding carboxylic acids is 1. The third kappa shape index (κ3) is 4.12. The standard InChI is InChI=1S/C22H17ClN4O2/c1-29-22-17(12-16-13-18(23)6-9-20(16)25-22)14-24-26-21(28)15-4-7-19(8-5-15)27-10-2-3-11-27/h2-14H,1H3,(H,26,28)/b24-14+. The van der Waals surface area contributed by atoms with Crippen LogP contribution in [0.1, 0.15) is 15.9 Å². The zero-order valence-corrected chi connectivity index (χ0v) is 16.3. The molecule has 0 fully saturated rings. The van der Waals surface area contributed by atoms with E-state index in [9.17, 15) is 4.79 Å². The van der Waals surface area contributed by atoms with Gasteiger partial charge in [0.2, 0.25) is 5.88 Å². The van der Waals surface area contributed by atoms with Crippen molar-refractivity contribution >= 4 is 34.6 Å². The minimum Gasteiger partial charge on any atom is -0.481 e. The van der Waals surface area contributed by atoms with Gasteiger partial charge in [-0.1, -0.05) is 11.6 Å². The maximum Gasteiger partial charge on any atom is 0.271 e. The lowest BCUT2D eigenvalue weighted by Gasteiger charge is -2.07. The second kappa shape index (κ2) is 8.16. The largest absolute Gasteiger partial charge is 0.481 e. The lowest BCUT2D eigenvalue weighted by Crippen LogP contribution is -2.17. The van der Waals surface area contributed by atoms with Gasteiger partial charge in [0.05, 0.1) is 24.4 Å². The van der Waals surface area contributed by atoms with Crippen LogP contribution in [0, 0.1) is 0 Å². The van der Waals surface area contributed by atoms with Gasteiger partial charge in [-0.2, -0.15) is 5.10 Å². The van der Waals surface area contributed by atoms with Gasteiger partial charge < -0.3 is 9.30 Å². The van der Waals surface area contributed by atoms with Crippen LogP contribution in [0.25, 0.3) is 16.6 Å². The Labute approximate surface area is 172 Å². The van der Waals surface area contributed by atoms with Gasteiger partial charge >= 0.3 is 0 Å². The summed E-state index contributed by atoms with van der Waals surface area (Å²) in [6.45, 7) is 0. The highest BCUT2D eigenvalue weighted by Crippen LogP contribution is 2.23. The number of hydrogen-bond acceptors (Lipinski definition) is 4. The summed E-state index contributed by atoms with van der Waals surface area (Å²) in [6.07, 6.45) is 5.38. The number of nitrogens with zero attached hydrogens (tertiary/aromatic N) is 3. The number of fused-ring (bicyclic) bond motifs is 1. The minimum atomic E-state index is -0.309. The third-order valence-corrected chi connectivity index (χ3v) is 4.60. The predicted molar refractivity (Wildman–Crippen MR) is 114 cm³/mol. The molecule has 7 heteroatoms. The van der Waals surface area contributed by atoms with Crippen LogP contribution in [0.3, 0.4) is 0 Å². The molecule has 0 aliphatic heterocycles. The summed E-state index contributed by atoms with van der Waals surface area (Å²) in [7, 11) is 1.53. The van der Waals surface area contributed by atoms with Gasteiger partial charge in [0.1, 0.15) is 0 Å². The molecule has 2 aromatic carbocycles. The monoisotopic (exact) mass is 404 g/mol. The van der Waals surface area contributed by atoms with Crippen molar-refractivity contribution in [3.05, 3.63) is 89.2 Å². The van der Waals surface area contributed by atoms with E-state index in [0.717, 1.165) is 16.6 Å². The number of amides is 1. The summed E-state index contributed by atoms with van der Waals surface area (Å²) in [6, 6.07) is 18.4. The fraction of sp³-hybridized carbons (Fsp3) is 0.0455. The molecule has 0 spiro atoms. The Hall–Kier alpha value is -3.64. The van der Waals surface area contributed by atoms with Gasteiger partial charge in [0.25, 0.3) is 5.91 Å². The van der Waals surface area contributed by atoms with E-state index in [1.54, 1.807) is 18.2 Å². The average Bonchev–Trinajstić information content (AvgIpc) is 3.28. The first-order valence-electron chi connectivity index (χ1n) is 8.85. The first-order chi connectivity index (χ1) is 14.1. The van der Waals surface area contributed by atoms with Gasteiger partial charge in [0, 0.05) is 34.1 Å². The Balaban J connectivity index is 1.50. The Morgan fingerprint density at radius 1 is 1.14 bits per heavy atom. The van der Waals surface area contributed by atoms with Gasteiger partial charge in [-0.3, -0.25) is 4.79 Å². The number of nitrogens with one attached hydrogen (secondary N) is 1. The smallest absolute Gasteiger partial charge is 0.271 e. The molecule has 0 bridgehead atoms. The molecule has 0 unspecified atom stereocenters. The number of hydrogen-bond donors (Lipinski definition) is 1. The van der Waals surface area contributed by atoms with Crippen LogP contribution in [0.2, 0.25) is 5.02 Å². The maximum absolute atomic E-state index is 12.3. The van der Waals surface area contributed by atoms with E-state index < -0.39 is 0 Å². The maximum atomic E-state index is 12.3. The van der Waals surface area contributed by atoms with E-state index in [2.05, 4.69) is 15.5 Å². The van der Waals surface area contributed by atoms with E-state index in [-0.39, 0.29) is 5.91 Å². The SMILES string of the molecule is COc1nc2ccc(Cl)cc2cc1/C=N/NC(=O)c1ccc(-n2cccc2)cc1. The number of halogens is 1. The van der Waals surface area contributed by atoms with E-state index >= 15 is 0 Å². The van der Waals surface area contributed by atoms with E-state index in [1.807, 2.05) is 59.4 Å². The van der Waals surface area contributed by atoms with Crippen molar-refractivity contribution in [2.45, 2.75) is 0 Å². The zero-order valence-electron chi connectivity index (χ0n) is 15.5. The van der Waals surface area contributed by atoms with Crippen molar-refractivity contribution in [2.24, 2.45) is 5.10 Å². The van der Waals surface area contributed by atoms with Crippen LogP contribution in [0.5, 0.6) is 5.88 Å². The summed E-state index contributed by atoms with van der Waals surface area (Å²) >= 11 is 6.05. The number of pyridine rings is 1. The van der Waals surface area contributed by atoms with Crippen molar-refractivity contribution < 1.29 is 9.53 Å². The van der Waals surface area contributed by atoms with Gasteiger partial charge in [-0.25, -0.2) is 10.4 Å². The van der Waals surface area contributed by atoms with Crippen molar-refractivity contribution in [1.82, 2.24) is 15.0 Å². The average molecular weight is 405 g/mol. The van der Waals surface area contributed by atoms with Crippen LogP contribution >= 0.6 is 11.6 Å². The fourth-order valence-electron chi connectivity index (χ4n) is 2.92. The van der Waals surface area contributed by atoms with Crippen LogP contribution in [0.4, 0.5) is 0 Å². The molecule has 0 radical (unpaired) electrons. The molecule has 4 rings (SSSR count). The van der Waals surface area contributed by atoms with Crippen LogP contribution < -0.4 is 10.2 Å². The molecule has 2 heterocycles. The molecule has 0 aliphatic rings. The lowest BCUT2D eigenvalue weighted by molar-refractivity contribution is 0.0955. The molecule has 1 amide bonds. The van der Waals surface area contributed by atoms with Crippen LogP contribution in [-0.2, 0) is 0 Å². The summed E-state index contributed by atoms with van der Waals surface area (Å²) in [5.41, 5.74) is 5.40. The second-order valence-electron chi connectivity index (χ2n) is 6.26.